The third kappa shape index (κ3) is 1.98. The van der Waals surface area contributed by atoms with Gasteiger partial charge in [-0.1, -0.05) is 20.8 Å². The van der Waals surface area contributed by atoms with Crippen molar-refractivity contribution in [2.45, 2.75) is 40.5 Å². The first kappa shape index (κ1) is 8.63. The Morgan fingerprint density at radius 3 is 2.27 bits per heavy atom. The molecule has 0 spiro atoms. The SMILES string of the molecule is CC1=C(C(C)(C)C)CCCO1. The zero-order chi connectivity index (χ0) is 8.48. The van der Waals surface area contributed by atoms with E-state index in [1.54, 1.807) is 0 Å². The molecule has 1 heteroatoms. The molecule has 0 atom stereocenters. The second-order valence-corrected chi connectivity index (χ2v) is 4.24. The molecule has 1 rings (SSSR count). The first-order valence-electron chi connectivity index (χ1n) is 4.35. The minimum atomic E-state index is 0.296. The van der Waals surface area contributed by atoms with Gasteiger partial charge in [-0.25, -0.2) is 0 Å². The topological polar surface area (TPSA) is 9.23 Å². The van der Waals surface area contributed by atoms with Gasteiger partial charge < -0.3 is 4.74 Å². The number of rotatable bonds is 0. The van der Waals surface area contributed by atoms with Crippen LogP contribution in [0.25, 0.3) is 0 Å². The molecule has 0 unspecified atom stereocenters. The first-order valence-corrected chi connectivity index (χ1v) is 4.35. The van der Waals surface area contributed by atoms with E-state index >= 15 is 0 Å². The fourth-order valence-corrected chi connectivity index (χ4v) is 1.64. The molecule has 64 valence electrons. The van der Waals surface area contributed by atoms with Crippen molar-refractivity contribution in [3.8, 4) is 0 Å². The van der Waals surface area contributed by atoms with Crippen LogP contribution in [0.2, 0.25) is 0 Å². The summed E-state index contributed by atoms with van der Waals surface area (Å²) in [6, 6.07) is 0. The first-order chi connectivity index (χ1) is 5.02. The van der Waals surface area contributed by atoms with Crippen molar-refractivity contribution in [2.75, 3.05) is 6.61 Å². The summed E-state index contributed by atoms with van der Waals surface area (Å²) in [4.78, 5) is 0. The molecule has 0 saturated carbocycles. The fourth-order valence-electron chi connectivity index (χ4n) is 1.64. The molecule has 0 N–H and O–H groups in total. The summed E-state index contributed by atoms with van der Waals surface area (Å²) in [6.45, 7) is 9.74. The molecule has 1 aliphatic heterocycles. The van der Waals surface area contributed by atoms with Gasteiger partial charge in [-0.05, 0) is 30.8 Å². The summed E-state index contributed by atoms with van der Waals surface area (Å²) in [7, 11) is 0. The lowest BCUT2D eigenvalue weighted by Crippen LogP contribution is -2.16. The van der Waals surface area contributed by atoms with Gasteiger partial charge in [-0.2, -0.15) is 0 Å². The Kier molecular flexibility index (Phi) is 2.26. The van der Waals surface area contributed by atoms with E-state index in [1.165, 1.54) is 18.4 Å². The van der Waals surface area contributed by atoms with Crippen molar-refractivity contribution in [1.82, 2.24) is 0 Å². The highest BCUT2D eigenvalue weighted by Crippen LogP contribution is 2.34. The maximum atomic E-state index is 5.50. The molecule has 1 heterocycles. The molecule has 0 aromatic carbocycles. The van der Waals surface area contributed by atoms with Crippen LogP contribution in [0.3, 0.4) is 0 Å². The van der Waals surface area contributed by atoms with E-state index in [9.17, 15) is 0 Å². The molecule has 0 bridgehead atoms. The van der Waals surface area contributed by atoms with E-state index in [2.05, 4.69) is 27.7 Å². The van der Waals surface area contributed by atoms with Crippen LogP contribution in [0.4, 0.5) is 0 Å². The molecule has 0 aromatic heterocycles. The van der Waals surface area contributed by atoms with Gasteiger partial charge in [0.1, 0.15) is 0 Å². The molecule has 0 aliphatic carbocycles. The van der Waals surface area contributed by atoms with Gasteiger partial charge >= 0.3 is 0 Å². The van der Waals surface area contributed by atoms with E-state index in [0.29, 0.717) is 5.41 Å². The van der Waals surface area contributed by atoms with E-state index in [-0.39, 0.29) is 0 Å². The van der Waals surface area contributed by atoms with E-state index in [0.717, 1.165) is 12.4 Å². The highest BCUT2D eigenvalue weighted by atomic mass is 16.5. The Morgan fingerprint density at radius 1 is 1.27 bits per heavy atom. The molecular weight excluding hydrogens is 136 g/mol. The van der Waals surface area contributed by atoms with Gasteiger partial charge in [0.15, 0.2) is 0 Å². The lowest BCUT2D eigenvalue weighted by Gasteiger charge is -2.28. The van der Waals surface area contributed by atoms with Crippen LogP contribution in [0.5, 0.6) is 0 Å². The van der Waals surface area contributed by atoms with Crippen molar-refractivity contribution in [2.24, 2.45) is 5.41 Å². The van der Waals surface area contributed by atoms with Crippen LogP contribution in [0.1, 0.15) is 40.5 Å². The third-order valence-electron chi connectivity index (χ3n) is 2.22. The number of ether oxygens (including phenoxy) is 1. The minimum absolute atomic E-state index is 0.296. The Hall–Kier alpha value is -0.460. The van der Waals surface area contributed by atoms with E-state index < -0.39 is 0 Å². The van der Waals surface area contributed by atoms with Crippen molar-refractivity contribution >= 4 is 0 Å². The monoisotopic (exact) mass is 154 g/mol. The zero-order valence-corrected chi connectivity index (χ0v) is 8.03. The van der Waals surface area contributed by atoms with Crippen LogP contribution in [-0.2, 0) is 4.74 Å². The molecule has 0 fully saturated rings. The van der Waals surface area contributed by atoms with Crippen LogP contribution in [0, 0.1) is 5.41 Å². The molecule has 1 nitrogen and oxygen atoms in total. The number of hydrogen-bond acceptors (Lipinski definition) is 1. The summed E-state index contributed by atoms with van der Waals surface area (Å²) in [5.41, 5.74) is 1.79. The van der Waals surface area contributed by atoms with Gasteiger partial charge in [0, 0.05) is 0 Å². The average molecular weight is 154 g/mol. The lowest BCUT2D eigenvalue weighted by molar-refractivity contribution is 0.176. The standard InChI is InChI=1S/C10H18O/c1-8-9(10(2,3)4)6-5-7-11-8/h5-7H2,1-4H3. The Bertz CT molecular complexity index is 172. The van der Waals surface area contributed by atoms with Crippen LogP contribution >= 0.6 is 0 Å². The molecular formula is C10H18O. The smallest absolute Gasteiger partial charge is 0.0926 e. The third-order valence-corrected chi connectivity index (χ3v) is 2.22. The zero-order valence-electron chi connectivity index (χ0n) is 8.03. The summed E-state index contributed by atoms with van der Waals surface area (Å²) in [5, 5.41) is 0. The van der Waals surface area contributed by atoms with E-state index in [4.69, 9.17) is 4.74 Å². The van der Waals surface area contributed by atoms with Gasteiger partial charge in [0.2, 0.25) is 0 Å². The molecule has 0 aromatic rings. The van der Waals surface area contributed by atoms with Crippen molar-refractivity contribution in [3.63, 3.8) is 0 Å². The lowest BCUT2D eigenvalue weighted by atomic mass is 9.82. The van der Waals surface area contributed by atoms with Crippen LogP contribution in [-0.4, -0.2) is 6.61 Å². The Balaban J connectivity index is 2.83. The molecule has 1 aliphatic rings. The second kappa shape index (κ2) is 2.88. The molecule has 0 saturated heterocycles. The number of hydrogen-bond donors (Lipinski definition) is 0. The van der Waals surface area contributed by atoms with E-state index in [1.807, 2.05) is 0 Å². The number of allylic oxidation sites excluding steroid dienone is 2. The fraction of sp³-hybridized carbons (Fsp3) is 0.800. The Morgan fingerprint density at radius 2 is 1.91 bits per heavy atom. The average Bonchev–Trinajstić information content (AvgIpc) is 1.86. The van der Waals surface area contributed by atoms with Gasteiger partial charge in [0.05, 0.1) is 12.4 Å². The maximum Gasteiger partial charge on any atom is 0.0926 e. The van der Waals surface area contributed by atoms with Gasteiger partial charge in [0.25, 0.3) is 0 Å². The quantitative estimate of drug-likeness (QED) is 0.521. The minimum Gasteiger partial charge on any atom is -0.498 e. The predicted molar refractivity (Wildman–Crippen MR) is 47.3 cm³/mol. The summed E-state index contributed by atoms with van der Waals surface area (Å²) < 4.78 is 5.50. The van der Waals surface area contributed by atoms with Crippen LogP contribution in [0.15, 0.2) is 11.3 Å². The van der Waals surface area contributed by atoms with Gasteiger partial charge in [-0.3, -0.25) is 0 Å². The summed E-state index contributed by atoms with van der Waals surface area (Å²) >= 11 is 0. The second-order valence-electron chi connectivity index (χ2n) is 4.24. The van der Waals surface area contributed by atoms with Gasteiger partial charge in [-0.15, -0.1) is 0 Å². The van der Waals surface area contributed by atoms with Crippen molar-refractivity contribution in [3.05, 3.63) is 11.3 Å². The highest BCUT2D eigenvalue weighted by molar-refractivity contribution is 5.15. The maximum absolute atomic E-state index is 5.50. The molecule has 11 heavy (non-hydrogen) atoms. The highest BCUT2D eigenvalue weighted by Gasteiger charge is 2.22. The summed E-state index contributed by atoms with van der Waals surface area (Å²) in [6.07, 6.45) is 2.40. The van der Waals surface area contributed by atoms with Crippen LogP contribution < -0.4 is 0 Å². The largest absolute Gasteiger partial charge is 0.498 e. The normalized spacial score (nSPS) is 20.0. The molecule has 0 radical (unpaired) electrons. The van der Waals surface area contributed by atoms with Crippen molar-refractivity contribution in [1.29, 1.82) is 0 Å². The molecule has 0 amide bonds. The summed E-state index contributed by atoms with van der Waals surface area (Å²) in [5.74, 6) is 1.16. The Labute approximate surface area is 69.4 Å². The van der Waals surface area contributed by atoms with Crippen molar-refractivity contribution < 1.29 is 4.74 Å². The predicted octanol–water partition coefficient (Wildman–Crippen LogP) is 3.12.